The third kappa shape index (κ3) is 4.10. The Bertz CT molecular complexity index is 2870. The smallest absolute Gasteiger partial charge is 0.164 e. The summed E-state index contributed by atoms with van der Waals surface area (Å²) < 4.78 is 6.17. The van der Waals surface area contributed by atoms with Crippen LogP contribution >= 0.6 is 0 Å². The second-order valence-corrected chi connectivity index (χ2v) is 11.9. The summed E-state index contributed by atoms with van der Waals surface area (Å²) in [6, 6.07) is 48.2. The van der Waals surface area contributed by atoms with E-state index in [4.69, 9.17) is 24.4 Å². The van der Waals surface area contributed by atoms with Crippen LogP contribution in [0.15, 0.2) is 150 Å². The molecular weight excluding hydrogens is 576 g/mol. The summed E-state index contributed by atoms with van der Waals surface area (Å²) in [6.07, 6.45) is 1.81. The number of hydrogen-bond acceptors (Lipinski definition) is 5. The van der Waals surface area contributed by atoms with E-state index < -0.39 is 0 Å². The molecule has 0 aliphatic carbocycles. The molecule has 0 bridgehead atoms. The Morgan fingerprint density at radius 1 is 0.404 bits per heavy atom. The molecule has 0 N–H and O–H groups in total. The van der Waals surface area contributed by atoms with E-state index in [2.05, 4.69) is 109 Å². The summed E-state index contributed by atoms with van der Waals surface area (Å²) in [5.74, 6) is 1.85. The largest absolute Gasteiger partial charge is 0.454 e. The van der Waals surface area contributed by atoms with Crippen LogP contribution in [0.3, 0.4) is 0 Å². The Hall–Kier alpha value is -6.46. The zero-order valence-electron chi connectivity index (χ0n) is 25.1. The SMILES string of the molecule is c1ccc2cc(-c3nc(-c4ccc5ncc6oc7ccccc7c6c5c4)nc(-c4cc5ccccc5c5ccccc45)n3)ccc2c1. The maximum atomic E-state index is 6.17. The van der Waals surface area contributed by atoms with Gasteiger partial charge in [-0.25, -0.2) is 15.0 Å². The van der Waals surface area contributed by atoms with Crippen molar-refractivity contribution < 1.29 is 4.42 Å². The fourth-order valence-electron chi connectivity index (χ4n) is 6.87. The highest BCUT2D eigenvalue weighted by molar-refractivity contribution is 6.18. The Kier molecular flexibility index (Phi) is 5.51. The van der Waals surface area contributed by atoms with Gasteiger partial charge in [-0.05, 0) is 68.7 Å². The van der Waals surface area contributed by atoms with Gasteiger partial charge in [0.25, 0.3) is 0 Å². The fraction of sp³-hybridized carbons (Fsp3) is 0. The molecule has 5 nitrogen and oxygen atoms in total. The first kappa shape index (κ1) is 25.8. The summed E-state index contributed by atoms with van der Waals surface area (Å²) in [6.45, 7) is 0. The minimum absolute atomic E-state index is 0.599. The van der Waals surface area contributed by atoms with Gasteiger partial charge < -0.3 is 4.42 Å². The van der Waals surface area contributed by atoms with Crippen LogP contribution in [0, 0.1) is 0 Å². The van der Waals surface area contributed by atoms with E-state index in [0.717, 1.165) is 65.7 Å². The number of benzene rings is 7. The van der Waals surface area contributed by atoms with Gasteiger partial charge in [-0.1, -0.05) is 103 Å². The molecule has 3 heterocycles. The lowest BCUT2D eigenvalue weighted by molar-refractivity contribution is 0.667. The molecule has 7 aromatic carbocycles. The molecule has 5 heteroatoms. The van der Waals surface area contributed by atoms with Crippen molar-refractivity contribution in [1.29, 1.82) is 0 Å². The van der Waals surface area contributed by atoms with Crippen LogP contribution < -0.4 is 0 Å². The zero-order chi connectivity index (χ0) is 30.9. The molecule has 0 saturated carbocycles. The van der Waals surface area contributed by atoms with Gasteiger partial charge in [-0.2, -0.15) is 0 Å². The van der Waals surface area contributed by atoms with Crippen LogP contribution in [-0.2, 0) is 0 Å². The molecule has 0 spiro atoms. The molecule has 10 rings (SSSR count). The number of rotatable bonds is 3. The quantitative estimate of drug-likeness (QED) is 0.189. The summed E-state index contributed by atoms with van der Waals surface area (Å²) in [5.41, 5.74) is 5.27. The standard InChI is InChI=1S/C42H24N4O/c1-2-10-26-21-28(18-17-25(26)9-1)40-44-41(29-19-20-36-35(23-29)39-33-15-7-8-16-37(33)47-38(39)24-43-36)46-42(45-40)34-22-27-11-3-4-12-30(27)31-13-5-6-14-32(31)34/h1-24H. The van der Waals surface area contributed by atoms with Crippen LogP contribution in [0.5, 0.6) is 0 Å². The first-order valence-electron chi connectivity index (χ1n) is 15.6. The van der Waals surface area contributed by atoms with Gasteiger partial charge in [0.1, 0.15) is 5.58 Å². The Morgan fingerprint density at radius 3 is 1.89 bits per heavy atom. The lowest BCUT2D eigenvalue weighted by atomic mass is 9.96. The number of nitrogens with zero attached hydrogens (tertiary/aromatic N) is 4. The van der Waals surface area contributed by atoms with E-state index in [1.54, 1.807) is 6.20 Å². The molecule has 0 atom stereocenters. The number of pyridine rings is 1. The van der Waals surface area contributed by atoms with E-state index in [1.807, 2.05) is 30.3 Å². The van der Waals surface area contributed by atoms with Crippen molar-refractivity contribution in [2.75, 3.05) is 0 Å². The Labute approximate surface area is 268 Å². The number of aromatic nitrogens is 4. The van der Waals surface area contributed by atoms with Gasteiger partial charge in [0.05, 0.1) is 11.7 Å². The second-order valence-electron chi connectivity index (χ2n) is 11.9. The summed E-state index contributed by atoms with van der Waals surface area (Å²) >= 11 is 0. The lowest BCUT2D eigenvalue weighted by Gasteiger charge is -2.13. The van der Waals surface area contributed by atoms with Crippen LogP contribution in [0.2, 0.25) is 0 Å². The average molecular weight is 601 g/mol. The highest BCUT2D eigenvalue weighted by atomic mass is 16.3. The van der Waals surface area contributed by atoms with Crippen LogP contribution in [0.4, 0.5) is 0 Å². The maximum absolute atomic E-state index is 6.17. The molecule has 47 heavy (non-hydrogen) atoms. The van der Waals surface area contributed by atoms with Crippen molar-refractivity contribution in [3.63, 3.8) is 0 Å². The van der Waals surface area contributed by atoms with Crippen molar-refractivity contribution in [2.24, 2.45) is 0 Å². The number of hydrogen-bond donors (Lipinski definition) is 0. The van der Waals surface area contributed by atoms with E-state index in [1.165, 1.54) is 16.2 Å². The molecule has 3 aromatic heterocycles. The van der Waals surface area contributed by atoms with Crippen LogP contribution in [0.25, 0.3) is 99.3 Å². The van der Waals surface area contributed by atoms with E-state index in [9.17, 15) is 0 Å². The Balaban J connectivity index is 1.26. The summed E-state index contributed by atoms with van der Waals surface area (Å²) in [7, 11) is 0. The predicted molar refractivity (Wildman–Crippen MR) is 191 cm³/mol. The van der Waals surface area contributed by atoms with E-state index in [-0.39, 0.29) is 0 Å². The minimum atomic E-state index is 0.599. The molecule has 0 unspecified atom stereocenters. The predicted octanol–water partition coefficient (Wildman–Crippen LogP) is 10.8. The Morgan fingerprint density at radius 2 is 1.04 bits per heavy atom. The topological polar surface area (TPSA) is 64.7 Å². The van der Waals surface area contributed by atoms with Gasteiger partial charge >= 0.3 is 0 Å². The van der Waals surface area contributed by atoms with Crippen molar-refractivity contribution >= 4 is 65.2 Å². The van der Waals surface area contributed by atoms with Crippen molar-refractivity contribution in [3.05, 3.63) is 146 Å². The fourth-order valence-corrected chi connectivity index (χ4v) is 6.87. The monoisotopic (exact) mass is 600 g/mol. The number of para-hydroxylation sites is 1. The van der Waals surface area contributed by atoms with Crippen molar-refractivity contribution in [1.82, 2.24) is 19.9 Å². The molecule has 0 radical (unpaired) electrons. The first-order valence-corrected chi connectivity index (χ1v) is 15.6. The number of fused-ring (bicyclic) bond motifs is 9. The molecule has 0 saturated heterocycles. The van der Waals surface area contributed by atoms with Gasteiger partial charge in [-0.3, -0.25) is 4.98 Å². The third-order valence-corrected chi connectivity index (χ3v) is 9.12. The van der Waals surface area contributed by atoms with Crippen LogP contribution in [0.1, 0.15) is 0 Å². The highest BCUT2D eigenvalue weighted by Crippen LogP contribution is 2.37. The van der Waals surface area contributed by atoms with Crippen molar-refractivity contribution in [3.8, 4) is 34.2 Å². The van der Waals surface area contributed by atoms with Gasteiger partial charge in [0, 0.05) is 32.8 Å². The molecule has 0 amide bonds. The zero-order valence-corrected chi connectivity index (χ0v) is 25.1. The first-order chi connectivity index (χ1) is 23.3. The maximum Gasteiger partial charge on any atom is 0.164 e. The molecule has 10 aromatic rings. The van der Waals surface area contributed by atoms with E-state index in [0.29, 0.717) is 17.5 Å². The molecule has 0 aliphatic heterocycles. The summed E-state index contributed by atoms with van der Waals surface area (Å²) in [5, 5.41) is 10.0. The van der Waals surface area contributed by atoms with Crippen molar-refractivity contribution in [2.45, 2.75) is 0 Å². The second kappa shape index (κ2) is 10.0. The third-order valence-electron chi connectivity index (χ3n) is 9.12. The highest BCUT2D eigenvalue weighted by Gasteiger charge is 2.18. The van der Waals surface area contributed by atoms with Crippen LogP contribution in [-0.4, -0.2) is 19.9 Å². The summed E-state index contributed by atoms with van der Waals surface area (Å²) in [4.78, 5) is 20.2. The molecular formula is C42H24N4O. The minimum Gasteiger partial charge on any atom is -0.454 e. The average Bonchev–Trinajstić information content (AvgIpc) is 3.53. The van der Waals surface area contributed by atoms with E-state index >= 15 is 0 Å². The number of furan rings is 1. The molecule has 0 fully saturated rings. The van der Waals surface area contributed by atoms with Gasteiger partial charge in [0.15, 0.2) is 23.1 Å². The molecule has 218 valence electrons. The van der Waals surface area contributed by atoms with Gasteiger partial charge in [-0.15, -0.1) is 0 Å². The normalized spacial score (nSPS) is 11.8. The molecule has 0 aliphatic rings. The lowest BCUT2D eigenvalue weighted by Crippen LogP contribution is -2.01. The van der Waals surface area contributed by atoms with Gasteiger partial charge in [0.2, 0.25) is 0 Å².